The van der Waals surface area contributed by atoms with Crippen LogP contribution in [0, 0.1) is 6.92 Å². The fraction of sp³-hybridized carbons (Fsp3) is 0.143. The fourth-order valence-corrected chi connectivity index (χ4v) is 3.43. The highest BCUT2D eigenvalue weighted by Crippen LogP contribution is 2.29. The Morgan fingerprint density at radius 1 is 1.03 bits per heavy atom. The molecule has 1 aromatic heterocycles. The number of hydrogen-bond donors (Lipinski definition) is 1. The maximum atomic E-state index is 12.3. The van der Waals surface area contributed by atoms with Crippen molar-refractivity contribution in [3.63, 3.8) is 0 Å². The van der Waals surface area contributed by atoms with Gasteiger partial charge in [0.15, 0.2) is 6.61 Å². The number of ether oxygens (including phenoxy) is 2. The molecule has 0 aliphatic heterocycles. The van der Waals surface area contributed by atoms with Crippen molar-refractivity contribution in [3.05, 3.63) is 70.7 Å². The number of esters is 1. The van der Waals surface area contributed by atoms with Gasteiger partial charge in [0.1, 0.15) is 15.6 Å². The molecular formula is C21H18N2O5S. The van der Waals surface area contributed by atoms with Gasteiger partial charge >= 0.3 is 5.97 Å². The average Bonchev–Trinajstić information content (AvgIpc) is 3.14. The van der Waals surface area contributed by atoms with Crippen molar-refractivity contribution >= 4 is 29.1 Å². The first-order valence-electron chi connectivity index (χ1n) is 8.66. The average molecular weight is 410 g/mol. The summed E-state index contributed by atoms with van der Waals surface area (Å²) in [5.74, 6) is -1.20. The van der Waals surface area contributed by atoms with Crippen LogP contribution in [-0.4, -0.2) is 36.5 Å². The molecule has 7 nitrogen and oxygen atoms in total. The van der Waals surface area contributed by atoms with Crippen molar-refractivity contribution in [3.8, 4) is 16.3 Å². The summed E-state index contributed by atoms with van der Waals surface area (Å²) >= 11 is 1.17. The molecule has 0 aliphatic rings. The molecule has 0 saturated carbocycles. The Morgan fingerprint density at radius 3 is 2.38 bits per heavy atom. The number of thiazole rings is 1. The molecular weight excluding hydrogens is 392 g/mol. The summed E-state index contributed by atoms with van der Waals surface area (Å²) in [6, 6.07) is 15.6. The molecule has 0 radical (unpaired) electrons. The van der Waals surface area contributed by atoms with Gasteiger partial charge in [-0.15, -0.1) is 11.3 Å². The highest BCUT2D eigenvalue weighted by atomic mass is 32.1. The zero-order valence-electron chi connectivity index (χ0n) is 15.8. The first-order valence-corrected chi connectivity index (χ1v) is 9.48. The maximum Gasteiger partial charge on any atom is 0.350 e. The lowest BCUT2D eigenvalue weighted by molar-refractivity contribution is -0.123. The van der Waals surface area contributed by atoms with Crippen molar-refractivity contribution < 1.29 is 23.9 Å². The fourth-order valence-electron chi connectivity index (χ4n) is 2.46. The highest BCUT2D eigenvalue weighted by molar-refractivity contribution is 7.17. The molecule has 2 amide bonds. The van der Waals surface area contributed by atoms with Crippen LogP contribution < -0.4 is 10.1 Å². The summed E-state index contributed by atoms with van der Waals surface area (Å²) in [7, 11) is 1.58. The SMILES string of the molecule is COc1ccc(-c2nc(C)c(C(=O)OCC(=O)NC(=O)c3ccccc3)s2)cc1. The molecule has 3 aromatic rings. The molecule has 2 aromatic carbocycles. The van der Waals surface area contributed by atoms with E-state index in [2.05, 4.69) is 10.3 Å². The Bertz CT molecular complexity index is 1030. The number of nitrogens with zero attached hydrogens (tertiary/aromatic N) is 1. The number of hydrogen-bond acceptors (Lipinski definition) is 7. The van der Waals surface area contributed by atoms with Gasteiger partial charge in [0.2, 0.25) is 0 Å². The van der Waals surface area contributed by atoms with Gasteiger partial charge in [-0.3, -0.25) is 14.9 Å². The smallest absolute Gasteiger partial charge is 0.350 e. The van der Waals surface area contributed by atoms with E-state index in [0.29, 0.717) is 21.1 Å². The van der Waals surface area contributed by atoms with Crippen LogP contribution >= 0.6 is 11.3 Å². The molecule has 0 unspecified atom stereocenters. The molecule has 0 saturated heterocycles. The van der Waals surface area contributed by atoms with E-state index in [1.165, 1.54) is 11.3 Å². The lowest BCUT2D eigenvalue weighted by Gasteiger charge is -2.05. The van der Waals surface area contributed by atoms with Crippen molar-refractivity contribution in [2.24, 2.45) is 0 Å². The highest BCUT2D eigenvalue weighted by Gasteiger charge is 2.19. The predicted molar refractivity (Wildman–Crippen MR) is 108 cm³/mol. The molecule has 1 heterocycles. The number of aromatic nitrogens is 1. The summed E-state index contributed by atoms with van der Waals surface area (Å²) < 4.78 is 10.2. The summed E-state index contributed by atoms with van der Waals surface area (Å²) in [4.78, 5) is 40.9. The van der Waals surface area contributed by atoms with E-state index in [0.717, 1.165) is 11.3 Å². The van der Waals surface area contributed by atoms with Crippen LogP contribution in [0.4, 0.5) is 0 Å². The summed E-state index contributed by atoms with van der Waals surface area (Å²) in [6.45, 7) is 1.13. The lowest BCUT2D eigenvalue weighted by atomic mass is 10.2. The number of methoxy groups -OCH3 is 1. The Hall–Kier alpha value is -3.52. The van der Waals surface area contributed by atoms with Gasteiger partial charge in [-0.25, -0.2) is 9.78 Å². The van der Waals surface area contributed by atoms with E-state index in [1.54, 1.807) is 56.5 Å². The van der Waals surface area contributed by atoms with Gasteiger partial charge < -0.3 is 9.47 Å². The zero-order valence-corrected chi connectivity index (χ0v) is 16.6. The number of carbonyl (C=O) groups is 3. The van der Waals surface area contributed by atoms with Gasteiger partial charge in [-0.2, -0.15) is 0 Å². The largest absolute Gasteiger partial charge is 0.497 e. The standard InChI is InChI=1S/C21H18N2O5S/c1-13-18(29-20(22-13)15-8-10-16(27-2)11-9-15)21(26)28-12-17(24)23-19(25)14-6-4-3-5-7-14/h3-11H,12H2,1-2H3,(H,23,24,25). The van der Waals surface area contributed by atoms with Crippen LogP contribution in [-0.2, 0) is 9.53 Å². The summed E-state index contributed by atoms with van der Waals surface area (Å²) in [6.07, 6.45) is 0. The third-order valence-corrected chi connectivity index (χ3v) is 5.13. The Balaban J connectivity index is 1.60. The third kappa shape index (κ3) is 5.05. The third-order valence-electron chi connectivity index (χ3n) is 3.94. The molecule has 0 bridgehead atoms. The minimum atomic E-state index is -0.704. The van der Waals surface area contributed by atoms with E-state index in [9.17, 15) is 14.4 Å². The molecule has 1 N–H and O–H groups in total. The molecule has 0 fully saturated rings. The monoisotopic (exact) mass is 410 g/mol. The van der Waals surface area contributed by atoms with E-state index < -0.39 is 24.4 Å². The van der Waals surface area contributed by atoms with Crippen molar-refractivity contribution in [2.75, 3.05) is 13.7 Å². The quantitative estimate of drug-likeness (QED) is 0.627. The Morgan fingerprint density at radius 2 is 1.72 bits per heavy atom. The molecule has 0 spiro atoms. The molecule has 8 heteroatoms. The first kappa shape index (κ1) is 20.2. The minimum Gasteiger partial charge on any atom is -0.497 e. The predicted octanol–water partition coefficient (Wildman–Crippen LogP) is 3.24. The van der Waals surface area contributed by atoms with E-state index in [4.69, 9.17) is 9.47 Å². The van der Waals surface area contributed by atoms with Crippen molar-refractivity contribution in [1.82, 2.24) is 10.3 Å². The van der Waals surface area contributed by atoms with Gasteiger partial charge in [0.25, 0.3) is 11.8 Å². The lowest BCUT2D eigenvalue weighted by Crippen LogP contribution is -2.34. The Labute approximate surface area is 171 Å². The van der Waals surface area contributed by atoms with E-state index >= 15 is 0 Å². The van der Waals surface area contributed by atoms with Crippen LogP contribution in [0.25, 0.3) is 10.6 Å². The molecule has 148 valence electrons. The zero-order chi connectivity index (χ0) is 20.8. The van der Waals surface area contributed by atoms with Crippen molar-refractivity contribution in [1.29, 1.82) is 0 Å². The van der Waals surface area contributed by atoms with Gasteiger partial charge in [-0.1, -0.05) is 18.2 Å². The van der Waals surface area contributed by atoms with Gasteiger partial charge in [0.05, 0.1) is 12.8 Å². The number of amides is 2. The maximum absolute atomic E-state index is 12.3. The Kier molecular flexibility index (Phi) is 6.36. The van der Waals surface area contributed by atoms with E-state index in [-0.39, 0.29) is 0 Å². The second kappa shape index (κ2) is 9.11. The van der Waals surface area contributed by atoms with Gasteiger partial charge in [-0.05, 0) is 43.3 Å². The van der Waals surface area contributed by atoms with Crippen LogP contribution in [0.2, 0.25) is 0 Å². The molecule has 29 heavy (non-hydrogen) atoms. The number of benzene rings is 2. The normalized spacial score (nSPS) is 10.3. The van der Waals surface area contributed by atoms with Crippen LogP contribution in [0.3, 0.4) is 0 Å². The van der Waals surface area contributed by atoms with Gasteiger partial charge in [0, 0.05) is 11.1 Å². The van der Waals surface area contributed by atoms with E-state index in [1.807, 2.05) is 12.1 Å². The van der Waals surface area contributed by atoms with Crippen LogP contribution in [0.1, 0.15) is 25.7 Å². The summed E-state index contributed by atoms with van der Waals surface area (Å²) in [5, 5.41) is 2.83. The number of carbonyl (C=O) groups excluding carboxylic acids is 3. The second-order valence-electron chi connectivity index (χ2n) is 5.98. The second-order valence-corrected chi connectivity index (χ2v) is 6.98. The van der Waals surface area contributed by atoms with Crippen LogP contribution in [0.15, 0.2) is 54.6 Å². The minimum absolute atomic E-state index is 0.304. The number of nitrogens with one attached hydrogen (secondary N) is 1. The molecule has 3 rings (SSSR count). The topological polar surface area (TPSA) is 94.6 Å². The van der Waals surface area contributed by atoms with Crippen molar-refractivity contribution in [2.45, 2.75) is 6.92 Å². The number of imide groups is 1. The first-order chi connectivity index (χ1) is 14.0. The summed E-state index contributed by atoms with van der Waals surface area (Å²) in [5.41, 5.74) is 1.69. The molecule has 0 aliphatic carbocycles. The van der Waals surface area contributed by atoms with Crippen LogP contribution in [0.5, 0.6) is 5.75 Å². The number of aryl methyl sites for hydroxylation is 1. The number of rotatable bonds is 6. The molecule has 0 atom stereocenters.